The van der Waals surface area contributed by atoms with Gasteiger partial charge in [-0.2, -0.15) is 5.10 Å². The molecule has 0 aliphatic heterocycles. The zero-order valence-electron chi connectivity index (χ0n) is 11.9. The van der Waals surface area contributed by atoms with E-state index in [1.165, 1.54) is 6.20 Å². The van der Waals surface area contributed by atoms with Crippen molar-refractivity contribution in [3.05, 3.63) is 67.4 Å². The second kappa shape index (κ2) is 7.00. The predicted octanol–water partition coefficient (Wildman–Crippen LogP) is 4.94. The summed E-state index contributed by atoms with van der Waals surface area (Å²) in [5.74, 6) is -2.47. The van der Waals surface area contributed by atoms with E-state index in [0.29, 0.717) is 12.4 Å². The number of hydrogen-bond acceptors (Lipinski definition) is 3. The highest BCUT2D eigenvalue weighted by atomic mass is 79.9. The number of thiophene rings is 1. The van der Waals surface area contributed by atoms with Gasteiger partial charge in [-0.3, -0.25) is 4.79 Å². The molecule has 0 atom stereocenters. The lowest BCUT2D eigenvalue weighted by molar-refractivity contribution is 0.102. The molecule has 24 heavy (non-hydrogen) atoms. The topological polar surface area (TPSA) is 46.9 Å². The van der Waals surface area contributed by atoms with Crippen molar-refractivity contribution in [2.24, 2.45) is 0 Å². The van der Waals surface area contributed by atoms with Gasteiger partial charge in [0, 0.05) is 20.8 Å². The van der Waals surface area contributed by atoms with E-state index in [9.17, 15) is 13.6 Å². The summed E-state index contributed by atoms with van der Waals surface area (Å²) in [4.78, 5) is 13.3. The van der Waals surface area contributed by atoms with Gasteiger partial charge in [0.2, 0.25) is 0 Å². The van der Waals surface area contributed by atoms with E-state index in [1.807, 2.05) is 11.4 Å². The molecule has 9 heteroatoms. The van der Waals surface area contributed by atoms with Gasteiger partial charge in [0.25, 0.3) is 5.91 Å². The Bertz CT molecular complexity index is 912. The van der Waals surface area contributed by atoms with Crippen molar-refractivity contribution in [3.8, 4) is 0 Å². The maximum atomic E-state index is 13.3. The molecular formula is C15H9BrClF2N3OS. The smallest absolute Gasteiger partial charge is 0.258 e. The van der Waals surface area contributed by atoms with Gasteiger partial charge in [0.1, 0.15) is 5.82 Å². The third kappa shape index (κ3) is 3.66. The Hall–Kier alpha value is -1.77. The van der Waals surface area contributed by atoms with Crippen LogP contribution in [0.1, 0.15) is 15.2 Å². The summed E-state index contributed by atoms with van der Waals surface area (Å²) < 4.78 is 29.0. The number of anilines is 1. The summed E-state index contributed by atoms with van der Waals surface area (Å²) in [7, 11) is 0. The van der Waals surface area contributed by atoms with E-state index in [1.54, 1.807) is 22.1 Å². The Morgan fingerprint density at radius 3 is 2.79 bits per heavy atom. The minimum atomic E-state index is -1.14. The van der Waals surface area contributed by atoms with Crippen molar-refractivity contribution >= 4 is 50.6 Å². The molecule has 0 bridgehead atoms. The summed E-state index contributed by atoms with van der Waals surface area (Å²) in [6.45, 7) is 0.463. The molecule has 1 aromatic carbocycles. The number of hydrogen-bond donors (Lipinski definition) is 1. The molecule has 0 unspecified atom stereocenters. The van der Waals surface area contributed by atoms with Crippen LogP contribution in [0, 0.1) is 11.6 Å². The van der Waals surface area contributed by atoms with Crippen LogP contribution in [0.15, 0.2) is 40.3 Å². The number of nitrogens with one attached hydrogen (secondary N) is 1. The first kappa shape index (κ1) is 17.1. The Morgan fingerprint density at radius 2 is 2.08 bits per heavy atom. The van der Waals surface area contributed by atoms with E-state index >= 15 is 0 Å². The molecule has 124 valence electrons. The lowest BCUT2D eigenvalue weighted by Gasteiger charge is -2.09. The monoisotopic (exact) mass is 431 g/mol. The fourth-order valence-electron chi connectivity index (χ4n) is 2.03. The first-order valence-electron chi connectivity index (χ1n) is 6.64. The number of carbonyl (C=O) groups is 1. The van der Waals surface area contributed by atoms with Crippen LogP contribution in [-0.2, 0) is 6.54 Å². The number of carbonyl (C=O) groups excluding carboxylic acids is 1. The Morgan fingerprint density at radius 1 is 1.33 bits per heavy atom. The molecule has 0 saturated carbocycles. The number of halogens is 4. The van der Waals surface area contributed by atoms with Gasteiger partial charge in [0.15, 0.2) is 11.6 Å². The van der Waals surface area contributed by atoms with Gasteiger partial charge in [-0.1, -0.05) is 11.6 Å². The molecule has 0 saturated heterocycles. The van der Waals surface area contributed by atoms with Crippen LogP contribution < -0.4 is 5.32 Å². The Kier molecular flexibility index (Phi) is 4.98. The van der Waals surface area contributed by atoms with Crippen molar-refractivity contribution in [1.82, 2.24) is 9.78 Å². The minimum absolute atomic E-state index is 0.151. The SMILES string of the molecule is O=C(Nc1ccnn1Cc1cc(Br)cs1)c1cc(F)c(F)cc1Cl. The molecule has 1 N–H and O–H groups in total. The molecule has 1 amide bonds. The maximum Gasteiger partial charge on any atom is 0.258 e. The third-order valence-corrected chi connectivity index (χ3v) is 5.14. The fourth-order valence-corrected chi connectivity index (χ4v) is 3.70. The van der Waals surface area contributed by atoms with Crippen molar-refractivity contribution in [3.63, 3.8) is 0 Å². The summed E-state index contributed by atoms with van der Waals surface area (Å²) in [6.07, 6.45) is 1.53. The standard InChI is InChI=1S/C15H9BrClF2N3OS/c16-8-3-9(24-7-8)6-22-14(1-2-20-22)21-15(23)10-4-12(18)13(19)5-11(10)17/h1-5,7H,6H2,(H,21,23). The number of amides is 1. The van der Waals surface area contributed by atoms with Crippen molar-refractivity contribution in [2.75, 3.05) is 5.32 Å². The summed E-state index contributed by atoms with van der Waals surface area (Å²) >= 11 is 10.7. The zero-order valence-corrected chi connectivity index (χ0v) is 15.1. The molecule has 0 aliphatic rings. The molecular weight excluding hydrogens is 424 g/mol. The van der Waals surface area contributed by atoms with Crippen molar-refractivity contribution < 1.29 is 13.6 Å². The van der Waals surface area contributed by atoms with Gasteiger partial charge in [-0.05, 0) is 34.1 Å². The molecule has 3 aromatic rings. The van der Waals surface area contributed by atoms with Gasteiger partial charge >= 0.3 is 0 Å². The minimum Gasteiger partial charge on any atom is -0.307 e. The normalized spacial score (nSPS) is 10.8. The quantitative estimate of drug-likeness (QED) is 0.594. The first-order valence-corrected chi connectivity index (χ1v) is 8.69. The Balaban J connectivity index is 1.81. The molecule has 0 radical (unpaired) electrons. The van der Waals surface area contributed by atoms with Crippen LogP contribution in [0.4, 0.5) is 14.6 Å². The average Bonchev–Trinajstić information content (AvgIpc) is 3.13. The second-order valence-electron chi connectivity index (χ2n) is 4.81. The fraction of sp³-hybridized carbons (Fsp3) is 0.0667. The highest BCUT2D eigenvalue weighted by Gasteiger charge is 2.17. The third-order valence-electron chi connectivity index (χ3n) is 3.14. The number of benzene rings is 1. The van der Waals surface area contributed by atoms with E-state index in [0.717, 1.165) is 21.5 Å². The Labute approximate surface area is 153 Å². The van der Waals surface area contributed by atoms with E-state index in [-0.39, 0.29) is 10.6 Å². The highest BCUT2D eigenvalue weighted by Crippen LogP contribution is 2.23. The first-order chi connectivity index (χ1) is 11.4. The molecule has 3 rings (SSSR count). The van der Waals surface area contributed by atoms with Crippen molar-refractivity contribution in [1.29, 1.82) is 0 Å². The summed E-state index contributed by atoms with van der Waals surface area (Å²) in [6, 6.07) is 5.09. The van der Waals surface area contributed by atoms with Crippen LogP contribution in [0.3, 0.4) is 0 Å². The second-order valence-corrected chi connectivity index (χ2v) is 7.12. The van der Waals surface area contributed by atoms with Gasteiger partial charge in [0.05, 0.1) is 23.3 Å². The molecule has 4 nitrogen and oxygen atoms in total. The van der Waals surface area contributed by atoms with Gasteiger partial charge in [-0.15, -0.1) is 11.3 Å². The van der Waals surface area contributed by atoms with E-state index in [2.05, 4.69) is 26.3 Å². The molecule has 0 fully saturated rings. The summed E-state index contributed by atoms with van der Waals surface area (Å²) in [5, 5.41) is 8.53. The zero-order chi connectivity index (χ0) is 17.3. The van der Waals surface area contributed by atoms with E-state index < -0.39 is 17.5 Å². The maximum absolute atomic E-state index is 13.3. The van der Waals surface area contributed by atoms with Crippen molar-refractivity contribution in [2.45, 2.75) is 6.54 Å². The average molecular weight is 433 g/mol. The highest BCUT2D eigenvalue weighted by molar-refractivity contribution is 9.10. The number of aromatic nitrogens is 2. The van der Waals surface area contributed by atoms with Gasteiger partial charge < -0.3 is 5.32 Å². The molecule has 2 aromatic heterocycles. The van der Waals surface area contributed by atoms with Crippen LogP contribution >= 0.6 is 38.9 Å². The summed E-state index contributed by atoms with van der Waals surface area (Å²) in [5.41, 5.74) is -0.151. The predicted molar refractivity (Wildman–Crippen MR) is 92.7 cm³/mol. The van der Waals surface area contributed by atoms with Crippen LogP contribution in [0.5, 0.6) is 0 Å². The largest absolute Gasteiger partial charge is 0.307 e. The lowest BCUT2D eigenvalue weighted by atomic mass is 10.2. The number of rotatable bonds is 4. The van der Waals surface area contributed by atoms with E-state index in [4.69, 9.17) is 11.6 Å². The van der Waals surface area contributed by atoms with Crippen LogP contribution in [0.25, 0.3) is 0 Å². The molecule has 0 spiro atoms. The lowest BCUT2D eigenvalue weighted by Crippen LogP contribution is -2.17. The van der Waals surface area contributed by atoms with Crippen LogP contribution in [0.2, 0.25) is 5.02 Å². The van der Waals surface area contributed by atoms with Crippen LogP contribution in [-0.4, -0.2) is 15.7 Å². The van der Waals surface area contributed by atoms with Gasteiger partial charge in [-0.25, -0.2) is 13.5 Å². The number of nitrogens with zero attached hydrogens (tertiary/aromatic N) is 2. The molecule has 2 heterocycles. The molecule has 0 aliphatic carbocycles.